The first-order chi connectivity index (χ1) is 14.3. The SMILES string of the molecule is CN=C(NCCCOCC1CCOC1)NCc1ccc(Sc2ccccc2)cc1. The van der Waals surface area contributed by atoms with Gasteiger partial charge in [0.1, 0.15) is 0 Å². The molecule has 2 N–H and O–H groups in total. The van der Waals surface area contributed by atoms with Gasteiger partial charge in [0.2, 0.25) is 0 Å². The number of guanidine groups is 1. The van der Waals surface area contributed by atoms with E-state index in [2.05, 4.69) is 64.2 Å². The molecule has 29 heavy (non-hydrogen) atoms. The first-order valence-corrected chi connectivity index (χ1v) is 11.1. The van der Waals surface area contributed by atoms with E-state index < -0.39 is 0 Å². The monoisotopic (exact) mass is 413 g/mol. The van der Waals surface area contributed by atoms with Gasteiger partial charge in [0.25, 0.3) is 0 Å². The Bertz CT molecular complexity index is 732. The van der Waals surface area contributed by atoms with Gasteiger partial charge in [0, 0.05) is 49.1 Å². The first kappa shape index (κ1) is 21.7. The normalized spacial score (nSPS) is 16.7. The third-order valence-corrected chi connectivity index (χ3v) is 5.74. The zero-order valence-electron chi connectivity index (χ0n) is 17.1. The number of ether oxygens (including phenoxy) is 2. The highest BCUT2D eigenvalue weighted by Crippen LogP contribution is 2.27. The average molecular weight is 414 g/mol. The van der Waals surface area contributed by atoms with E-state index in [0.717, 1.165) is 58.3 Å². The minimum absolute atomic E-state index is 0.579. The lowest BCUT2D eigenvalue weighted by Crippen LogP contribution is -2.37. The van der Waals surface area contributed by atoms with Gasteiger partial charge in [-0.3, -0.25) is 4.99 Å². The van der Waals surface area contributed by atoms with Gasteiger partial charge in [0.05, 0.1) is 13.2 Å². The third kappa shape index (κ3) is 8.09. The predicted octanol–water partition coefficient (Wildman–Crippen LogP) is 3.95. The fraction of sp³-hybridized carbons (Fsp3) is 0.435. The molecule has 1 heterocycles. The standard InChI is InChI=1S/C23H31N3O2S/c1-24-23(25-13-5-14-27-17-20-12-15-28-18-20)26-16-19-8-10-22(11-9-19)29-21-6-3-2-4-7-21/h2-4,6-11,20H,5,12-18H2,1H3,(H2,24,25,26). The summed E-state index contributed by atoms with van der Waals surface area (Å²) in [6.07, 6.45) is 2.08. The van der Waals surface area contributed by atoms with Gasteiger partial charge in [-0.05, 0) is 42.7 Å². The molecule has 0 spiro atoms. The van der Waals surface area contributed by atoms with Crippen molar-refractivity contribution in [3.8, 4) is 0 Å². The summed E-state index contributed by atoms with van der Waals surface area (Å²) in [5.41, 5.74) is 1.23. The molecule has 2 aromatic carbocycles. The molecule has 1 unspecified atom stereocenters. The maximum absolute atomic E-state index is 5.73. The molecule has 1 aliphatic rings. The molecule has 0 radical (unpaired) electrons. The van der Waals surface area contributed by atoms with Crippen molar-refractivity contribution < 1.29 is 9.47 Å². The Morgan fingerprint density at radius 2 is 1.90 bits per heavy atom. The number of hydrogen-bond acceptors (Lipinski definition) is 4. The predicted molar refractivity (Wildman–Crippen MR) is 120 cm³/mol. The molecule has 1 aliphatic heterocycles. The first-order valence-electron chi connectivity index (χ1n) is 10.3. The summed E-state index contributed by atoms with van der Waals surface area (Å²) in [6.45, 7) is 4.89. The molecular weight excluding hydrogens is 382 g/mol. The number of aliphatic imine (C=N–C) groups is 1. The lowest BCUT2D eigenvalue weighted by molar-refractivity contribution is 0.0888. The smallest absolute Gasteiger partial charge is 0.191 e. The van der Waals surface area contributed by atoms with Crippen molar-refractivity contribution in [2.75, 3.05) is 40.0 Å². The highest BCUT2D eigenvalue weighted by Gasteiger charge is 2.15. The van der Waals surface area contributed by atoms with Gasteiger partial charge in [-0.1, -0.05) is 42.1 Å². The Hall–Kier alpha value is -2.02. The van der Waals surface area contributed by atoms with Gasteiger partial charge >= 0.3 is 0 Å². The minimum atomic E-state index is 0.579. The Labute approximate surface area is 178 Å². The molecule has 1 atom stereocenters. The zero-order chi connectivity index (χ0) is 20.2. The number of benzene rings is 2. The molecular formula is C23H31N3O2S. The largest absolute Gasteiger partial charge is 0.381 e. The van der Waals surface area contributed by atoms with Gasteiger partial charge in [0.15, 0.2) is 5.96 Å². The van der Waals surface area contributed by atoms with Crippen molar-refractivity contribution in [3.05, 3.63) is 60.2 Å². The molecule has 5 nitrogen and oxygen atoms in total. The summed E-state index contributed by atoms with van der Waals surface area (Å²) in [7, 11) is 1.80. The molecule has 156 valence electrons. The summed E-state index contributed by atoms with van der Waals surface area (Å²) in [5.74, 6) is 1.40. The van der Waals surface area contributed by atoms with Crippen LogP contribution in [0, 0.1) is 5.92 Å². The summed E-state index contributed by atoms with van der Waals surface area (Å²) in [5, 5.41) is 6.71. The Morgan fingerprint density at radius 1 is 1.10 bits per heavy atom. The van der Waals surface area contributed by atoms with E-state index >= 15 is 0 Å². The summed E-state index contributed by atoms with van der Waals surface area (Å²) in [6, 6.07) is 19.1. The van der Waals surface area contributed by atoms with Gasteiger partial charge in [-0.15, -0.1) is 0 Å². The Balaban J connectivity index is 1.30. The molecule has 2 aromatic rings. The van der Waals surface area contributed by atoms with E-state index in [9.17, 15) is 0 Å². The number of nitrogens with one attached hydrogen (secondary N) is 2. The average Bonchev–Trinajstić information content (AvgIpc) is 3.28. The van der Waals surface area contributed by atoms with E-state index in [1.54, 1.807) is 18.8 Å². The van der Waals surface area contributed by atoms with E-state index in [1.165, 1.54) is 15.4 Å². The van der Waals surface area contributed by atoms with Gasteiger partial charge < -0.3 is 20.1 Å². The van der Waals surface area contributed by atoms with Crippen LogP contribution in [0.15, 0.2) is 69.4 Å². The maximum atomic E-state index is 5.73. The lowest BCUT2D eigenvalue weighted by atomic mass is 10.1. The topological polar surface area (TPSA) is 54.9 Å². The summed E-state index contributed by atoms with van der Waals surface area (Å²) < 4.78 is 11.1. The van der Waals surface area contributed by atoms with E-state index in [1.807, 2.05) is 6.07 Å². The second kappa shape index (κ2) is 12.5. The van der Waals surface area contributed by atoms with Crippen molar-refractivity contribution in [3.63, 3.8) is 0 Å². The summed E-state index contributed by atoms with van der Waals surface area (Å²) >= 11 is 1.78. The van der Waals surface area contributed by atoms with Crippen LogP contribution in [0.4, 0.5) is 0 Å². The number of rotatable bonds is 10. The molecule has 0 amide bonds. The molecule has 0 bridgehead atoms. The molecule has 6 heteroatoms. The van der Waals surface area contributed by atoms with Crippen LogP contribution >= 0.6 is 11.8 Å². The number of nitrogens with zero attached hydrogens (tertiary/aromatic N) is 1. The van der Waals surface area contributed by atoms with Crippen LogP contribution in [0.3, 0.4) is 0 Å². The van der Waals surface area contributed by atoms with Crippen LogP contribution < -0.4 is 10.6 Å². The molecule has 1 fully saturated rings. The van der Waals surface area contributed by atoms with Crippen LogP contribution in [0.1, 0.15) is 18.4 Å². The van der Waals surface area contributed by atoms with Gasteiger partial charge in [-0.25, -0.2) is 0 Å². The fourth-order valence-electron chi connectivity index (χ4n) is 3.05. The highest BCUT2D eigenvalue weighted by molar-refractivity contribution is 7.99. The van der Waals surface area contributed by atoms with E-state index in [4.69, 9.17) is 9.47 Å². The second-order valence-electron chi connectivity index (χ2n) is 7.07. The van der Waals surface area contributed by atoms with Crippen molar-refractivity contribution in [2.45, 2.75) is 29.2 Å². The lowest BCUT2D eigenvalue weighted by Gasteiger charge is -2.13. The van der Waals surface area contributed by atoms with Gasteiger partial charge in [-0.2, -0.15) is 0 Å². The Kier molecular flexibility index (Phi) is 9.36. The van der Waals surface area contributed by atoms with Crippen molar-refractivity contribution in [2.24, 2.45) is 10.9 Å². The second-order valence-corrected chi connectivity index (χ2v) is 8.22. The van der Waals surface area contributed by atoms with Crippen molar-refractivity contribution in [1.29, 1.82) is 0 Å². The molecule has 3 rings (SSSR count). The quantitative estimate of drug-likeness (QED) is 0.351. The molecule has 1 saturated heterocycles. The van der Waals surface area contributed by atoms with Crippen LogP contribution in [0.2, 0.25) is 0 Å². The van der Waals surface area contributed by atoms with Crippen LogP contribution in [0.25, 0.3) is 0 Å². The third-order valence-electron chi connectivity index (χ3n) is 4.72. The van der Waals surface area contributed by atoms with E-state index in [-0.39, 0.29) is 0 Å². The molecule has 0 aliphatic carbocycles. The molecule has 0 aromatic heterocycles. The number of hydrogen-bond donors (Lipinski definition) is 2. The van der Waals surface area contributed by atoms with E-state index in [0.29, 0.717) is 5.92 Å². The molecule has 0 saturated carbocycles. The summed E-state index contributed by atoms with van der Waals surface area (Å²) in [4.78, 5) is 6.79. The Morgan fingerprint density at radius 3 is 2.62 bits per heavy atom. The van der Waals surface area contributed by atoms with Crippen molar-refractivity contribution in [1.82, 2.24) is 10.6 Å². The zero-order valence-corrected chi connectivity index (χ0v) is 17.9. The van der Waals surface area contributed by atoms with Crippen LogP contribution in [-0.4, -0.2) is 46.0 Å². The van der Waals surface area contributed by atoms with Crippen LogP contribution in [-0.2, 0) is 16.0 Å². The maximum Gasteiger partial charge on any atom is 0.191 e. The van der Waals surface area contributed by atoms with Crippen LogP contribution in [0.5, 0.6) is 0 Å². The fourth-order valence-corrected chi connectivity index (χ4v) is 3.89. The van der Waals surface area contributed by atoms with Crippen molar-refractivity contribution >= 4 is 17.7 Å². The highest BCUT2D eigenvalue weighted by atomic mass is 32.2. The minimum Gasteiger partial charge on any atom is -0.381 e.